The van der Waals surface area contributed by atoms with Crippen molar-refractivity contribution in [2.45, 2.75) is 12.8 Å². The molecular formula is C14H15N3O2. The van der Waals surface area contributed by atoms with E-state index >= 15 is 0 Å². The van der Waals surface area contributed by atoms with E-state index in [0.29, 0.717) is 24.3 Å². The first-order valence-electron chi connectivity index (χ1n) is 6.35. The molecule has 1 fully saturated rings. The lowest BCUT2D eigenvalue weighted by Gasteiger charge is -2.16. The van der Waals surface area contributed by atoms with Gasteiger partial charge in [0.15, 0.2) is 0 Å². The van der Waals surface area contributed by atoms with Gasteiger partial charge in [0.2, 0.25) is 5.91 Å². The summed E-state index contributed by atoms with van der Waals surface area (Å²) in [4.78, 5) is 28.8. The number of para-hydroxylation sites is 1. The van der Waals surface area contributed by atoms with Crippen molar-refractivity contribution >= 4 is 28.4 Å². The SMILES string of the molecule is CNC(=O)c1[nH]c2ccccc2c1N1CCCC1=O. The molecule has 5 nitrogen and oxygen atoms in total. The Hall–Kier alpha value is -2.30. The molecule has 5 heteroatoms. The molecule has 1 aliphatic heterocycles. The maximum absolute atomic E-state index is 12.0. The van der Waals surface area contributed by atoms with Crippen molar-refractivity contribution in [2.24, 2.45) is 0 Å². The van der Waals surface area contributed by atoms with E-state index in [1.807, 2.05) is 24.3 Å². The molecule has 0 unspecified atom stereocenters. The Labute approximate surface area is 110 Å². The minimum Gasteiger partial charge on any atom is -0.354 e. The fourth-order valence-electron chi connectivity index (χ4n) is 2.58. The van der Waals surface area contributed by atoms with Gasteiger partial charge in [0.05, 0.1) is 5.69 Å². The number of benzene rings is 1. The fourth-order valence-corrected chi connectivity index (χ4v) is 2.58. The van der Waals surface area contributed by atoms with Crippen LogP contribution in [0.1, 0.15) is 23.3 Å². The quantitative estimate of drug-likeness (QED) is 0.859. The molecule has 0 spiro atoms. The van der Waals surface area contributed by atoms with Gasteiger partial charge >= 0.3 is 0 Å². The number of carbonyl (C=O) groups excluding carboxylic acids is 2. The zero-order valence-corrected chi connectivity index (χ0v) is 10.7. The molecule has 2 heterocycles. The summed E-state index contributed by atoms with van der Waals surface area (Å²) in [5.74, 6) is -0.124. The highest BCUT2D eigenvalue weighted by molar-refractivity contribution is 6.13. The highest BCUT2D eigenvalue weighted by Gasteiger charge is 2.29. The van der Waals surface area contributed by atoms with E-state index in [1.165, 1.54) is 0 Å². The molecule has 0 radical (unpaired) electrons. The Kier molecular flexibility index (Phi) is 2.74. The Morgan fingerprint density at radius 2 is 2.16 bits per heavy atom. The Balaban J connectivity index is 2.24. The van der Waals surface area contributed by atoms with Crippen LogP contribution in [0, 0.1) is 0 Å². The van der Waals surface area contributed by atoms with Gasteiger partial charge in [-0.15, -0.1) is 0 Å². The Morgan fingerprint density at radius 1 is 1.37 bits per heavy atom. The van der Waals surface area contributed by atoms with Gasteiger partial charge in [-0.25, -0.2) is 0 Å². The van der Waals surface area contributed by atoms with Crippen molar-refractivity contribution in [1.82, 2.24) is 10.3 Å². The van der Waals surface area contributed by atoms with Crippen molar-refractivity contribution in [1.29, 1.82) is 0 Å². The highest BCUT2D eigenvalue weighted by atomic mass is 16.2. The number of nitrogens with one attached hydrogen (secondary N) is 2. The number of nitrogens with zero attached hydrogens (tertiary/aromatic N) is 1. The summed E-state index contributed by atoms with van der Waals surface area (Å²) in [6.45, 7) is 0.671. The van der Waals surface area contributed by atoms with E-state index in [9.17, 15) is 9.59 Å². The molecule has 3 rings (SSSR count). The third kappa shape index (κ3) is 1.78. The number of rotatable bonds is 2. The van der Waals surface area contributed by atoms with Crippen molar-refractivity contribution < 1.29 is 9.59 Å². The number of carbonyl (C=O) groups is 2. The van der Waals surface area contributed by atoms with Crippen LogP contribution in [0.5, 0.6) is 0 Å². The number of aromatic nitrogens is 1. The number of amides is 2. The van der Waals surface area contributed by atoms with Crippen LogP contribution in [-0.4, -0.2) is 30.4 Å². The first kappa shape index (κ1) is 11.8. The van der Waals surface area contributed by atoms with E-state index in [2.05, 4.69) is 10.3 Å². The topological polar surface area (TPSA) is 65.2 Å². The molecule has 98 valence electrons. The lowest BCUT2D eigenvalue weighted by molar-refractivity contribution is -0.117. The van der Waals surface area contributed by atoms with E-state index in [0.717, 1.165) is 17.3 Å². The van der Waals surface area contributed by atoms with Crippen LogP contribution in [0.25, 0.3) is 10.9 Å². The molecular weight excluding hydrogens is 242 g/mol. The third-order valence-corrected chi connectivity index (χ3v) is 3.48. The maximum atomic E-state index is 12.0. The Morgan fingerprint density at radius 3 is 2.84 bits per heavy atom. The smallest absolute Gasteiger partial charge is 0.269 e. The van der Waals surface area contributed by atoms with Gasteiger partial charge in [-0.05, 0) is 12.5 Å². The largest absolute Gasteiger partial charge is 0.354 e. The molecule has 19 heavy (non-hydrogen) atoms. The number of hydrogen-bond acceptors (Lipinski definition) is 2. The number of anilines is 1. The van der Waals surface area contributed by atoms with Crippen LogP contribution in [0.4, 0.5) is 5.69 Å². The maximum Gasteiger partial charge on any atom is 0.269 e. The second kappa shape index (κ2) is 4.42. The van der Waals surface area contributed by atoms with Gasteiger partial charge in [0, 0.05) is 30.9 Å². The summed E-state index contributed by atoms with van der Waals surface area (Å²) in [6, 6.07) is 7.65. The lowest BCUT2D eigenvalue weighted by Crippen LogP contribution is -2.27. The molecule has 0 saturated carbocycles. The molecule has 1 aromatic heterocycles. The van der Waals surface area contributed by atoms with Gasteiger partial charge in [-0.2, -0.15) is 0 Å². The summed E-state index contributed by atoms with van der Waals surface area (Å²) in [7, 11) is 1.59. The average molecular weight is 257 g/mol. The molecule has 0 atom stereocenters. The zero-order valence-electron chi connectivity index (χ0n) is 10.7. The van der Waals surface area contributed by atoms with Gasteiger partial charge in [-0.3, -0.25) is 9.59 Å². The predicted molar refractivity (Wildman–Crippen MR) is 73.3 cm³/mol. The van der Waals surface area contributed by atoms with Gasteiger partial charge in [0.1, 0.15) is 5.69 Å². The molecule has 0 bridgehead atoms. The molecule has 1 aromatic carbocycles. The molecule has 1 aliphatic rings. The van der Waals surface area contributed by atoms with E-state index in [4.69, 9.17) is 0 Å². The van der Waals surface area contributed by atoms with Crippen LogP contribution < -0.4 is 10.2 Å². The van der Waals surface area contributed by atoms with Gasteiger partial charge in [-0.1, -0.05) is 18.2 Å². The van der Waals surface area contributed by atoms with Crippen LogP contribution in [0.15, 0.2) is 24.3 Å². The van der Waals surface area contributed by atoms with E-state index in [1.54, 1.807) is 11.9 Å². The van der Waals surface area contributed by atoms with Crippen molar-refractivity contribution in [3.8, 4) is 0 Å². The lowest BCUT2D eigenvalue weighted by atomic mass is 10.2. The molecule has 1 saturated heterocycles. The van der Waals surface area contributed by atoms with Crippen LogP contribution >= 0.6 is 0 Å². The summed E-state index contributed by atoms with van der Waals surface area (Å²) in [6.07, 6.45) is 1.39. The number of hydrogen-bond donors (Lipinski definition) is 2. The van der Waals surface area contributed by atoms with Crippen molar-refractivity contribution in [3.05, 3.63) is 30.0 Å². The predicted octanol–water partition coefficient (Wildman–Crippen LogP) is 1.65. The Bertz CT molecular complexity index is 660. The molecule has 2 amide bonds. The van der Waals surface area contributed by atoms with E-state index in [-0.39, 0.29) is 11.8 Å². The third-order valence-electron chi connectivity index (χ3n) is 3.48. The van der Waals surface area contributed by atoms with Gasteiger partial charge < -0.3 is 15.2 Å². The summed E-state index contributed by atoms with van der Waals surface area (Å²) in [5.41, 5.74) is 2.03. The minimum absolute atomic E-state index is 0.0786. The number of fused-ring (bicyclic) bond motifs is 1. The van der Waals surface area contributed by atoms with Crippen molar-refractivity contribution in [2.75, 3.05) is 18.5 Å². The zero-order chi connectivity index (χ0) is 13.4. The molecule has 0 aliphatic carbocycles. The summed E-state index contributed by atoms with van der Waals surface area (Å²) >= 11 is 0. The first-order chi connectivity index (χ1) is 9.22. The molecule has 2 aromatic rings. The summed E-state index contributed by atoms with van der Waals surface area (Å²) in [5, 5.41) is 3.53. The fraction of sp³-hybridized carbons (Fsp3) is 0.286. The average Bonchev–Trinajstić information content (AvgIpc) is 3.00. The van der Waals surface area contributed by atoms with Crippen LogP contribution in [0.2, 0.25) is 0 Å². The first-order valence-corrected chi connectivity index (χ1v) is 6.35. The van der Waals surface area contributed by atoms with Crippen LogP contribution in [0.3, 0.4) is 0 Å². The second-order valence-corrected chi connectivity index (χ2v) is 4.62. The minimum atomic E-state index is -0.203. The second-order valence-electron chi connectivity index (χ2n) is 4.62. The molecule has 2 N–H and O–H groups in total. The van der Waals surface area contributed by atoms with Gasteiger partial charge in [0.25, 0.3) is 5.91 Å². The highest BCUT2D eigenvalue weighted by Crippen LogP contribution is 2.33. The monoisotopic (exact) mass is 257 g/mol. The number of H-pyrrole nitrogens is 1. The van der Waals surface area contributed by atoms with Crippen LogP contribution in [-0.2, 0) is 4.79 Å². The van der Waals surface area contributed by atoms with Crippen molar-refractivity contribution in [3.63, 3.8) is 0 Å². The van der Waals surface area contributed by atoms with E-state index < -0.39 is 0 Å². The summed E-state index contributed by atoms with van der Waals surface area (Å²) < 4.78 is 0. The number of aromatic amines is 1. The standard InChI is InChI=1S/C14H15N3O2/c1-15-14(19)12-13(17-8-4-7-11(17)18)9-5-2-3-6-10(9)16-12/h2-3,5-6,16H,4,7-8H2,1H3,(H,15,19). The normalized spacial score (nSPS) is 15.2.